The second kappa shape index (κ2) is 9.70. The van der Waals surface area contributed by atoms with Crippen molar-refractivity contribution in [3.63, 3.8) is 0 Å². The summed E-state index contributed by atoms with van der Waals surface area (Å²) in [5.74, 6) is 0. The summed E-state index contributed by atoms with van der Waals surface area (Å²) in [5, 5.41) is 9.50. The Labute approximate surface area is 117 Å². The number of aliphatic hydroxyl groups is 1. The average molecular weight is 272 g/mol. The molecule has 0 amide bonds. The van der Waals surface area contributed by atoms with E-state index in [2.05, 4.69) is 22.9 Å². The van der Waals surface area contributed by atoms with Crippen LogP contribution in [0.5, 0.6) is 0 Å². The molecule has 3 N–H and O–H groups in total. The lowest BCUT2D eigenvalue weighted by molar-refractivity contribution is 0.0535. The van der Waals surface area contributed by atoms with Crippen LogP contribution in [0.25, 0.3) is 0 Å². The number of rotatable bonds is 1. The third-order valence-electron chi connectivity index (χ3n) is 4.09. The number of aliphatic hydroxyl groups excluding tert-OH is 1. The molecule has 0 atom stereocenters. The summed E-state index contributed by atoms with van der Waals surface area (Å²) in [5.41, 5.74) is 5.62. The van der Waals surface area contributed by atoms with Crippen LogP contribution in [0.4, 0.5) is 0 Å². The van der Waals surface area contributed by atoms with Gasteiger partial charge in [-0.3, -0.25) is 0 Å². The lowest BCUT2D eigenvalue weighted by atomic mass is 9.94. The van der Waals surface area contributed by atoms with E-state index >= 15 is 0 Å². The summed E-state index contributed by atoms with van der Waals surface area (Å²) in [7, 11) is 0. The maximum Gasteiger partial charge on any atom is 0.0588 e. The van der Waals surface area contributed by atoms with Crippen molar-refractivity contribution in [2.24, 2.45) is 5.73 Å². The van der Waals surface area contributed by atoms with Crippen molar-refractivity contribution in [3.8, 4) is 0 Å². The lowest BCUT2D eigenvalue weighted by Gasteiger charge is -2.37. The van der Waals surface area contributed by atoms with Crippen LogP contribution in [-0.4, -0.2) is 40.7 Å². The molecule has 0 aromatic carbocycles. The predicted molar refractivity (Wildman–Crippen MR) is 80.8 cm³/mol. The molecule has 2 rings (SSSR count). The fraction of sp³-hybridized carbons (Fsp3) is 0.929. The molecule has 2 fully saturated rings. The molecular weight excluding hydrogens is 244 g/mol. The molecule has 2 aliphatic rings. The quantitative estimate of drug-likeness (QED) is 0.720. The molecule has 3 nitrogen and oxygen atoms in total. The monoisotopic (exact) mass is 272 g/mol. The topological polar surface area (TPSA) is 49.5 Å². The van der Waals surface area contributed by atoms with Gasteiger partial charge in [0.1, 0.15) is 0 Å². The van der Waals surface area contributed by atoms with Gasteiger partial charge in [0.2, 0.25) is 0 Å². The molecule has 0 aromatic rings. The number of nitrogens with two attached hydrogens (primary N) is 1. The molecular formula is C14H28N2OS. The molecule has 1 heterocycles. The van der Waals surface area contributed by atoms with E-state index in [1.165, 1.54) is 44.9 Å². The Kier molecular flexibility index (Phi) is 8.55. The molecule has 0 bridgehead atoms. The first-order valence-electron chi connectivity index (χ1n) is 7.35. The van der Waals surface area contributed by atoms with Crippen LogP contribution < -0.4 is 5.73 Å². The second-order valence-electron chi connectivity index (χ2n) is 5.40. The van der Waals surface area contributed by atoms with E-state index in [1.807, 2.05) is 0 Å². The van der Waals surface area contributed by atoms with Gasteiger partial charge in [0.25, 0.3) is 0 Å². The van der Waals surface area contributed by atoms with Gasteiger partial charge in [0.15, 0.2) is 0 Å². The van der Waals surface area contributed by atoms with Crippen molar-refractivity contribution in [1.29, 1.82) is 0 Å². The Balaban J connectivity index is 0.000000492. The number of hydrogen-bond donors (Lipinski definition) is 2. The number of nitrogens with zero attached hydrogens (tertiary/aromatic N) is 1. The summed E-state index contributed by atoms with van der Waals surface area (Å²) < 4.78 is 0. The molecule has 0 aromatic heterocycles. The highest BCUT2D eigenvalue weighted by molar-refractivity contribution is 7.78. The Hall–Kier alpha value is -0.190. The summed E-state index contributed by atoms with van der Waals surface area (Å²) in [6.45, 7) is 2.26. The third-order valence-corrected chi connectivity index (χ3v) is 4.09. The van der Waals surface area contributed by atoms with E-state index in [0.717, 1.165) is 37.5 Å². The van der Waals surface area contributed by atoms with Crippen LogP contribution in [0.1, 0.15) is 57.8 Å². The summed E-state index contributed by atoms with van der Waals surface area (Å²) in [6, 6.07) is 0.831. The highest BCUT2D eigenvalue weighted by Crippen LogP contribution is 2.24. The molecule has 1 saturated heterocycles. The first-order valence-corrected chi connectivity index (χ1v) is 7.82. The maximum absolute atomic E-state index is 9.50. The van der Waals surface area contributed by atoms with Gasteiger partial charge >= 0.3 is 0 Å². The van der Waals surface area contributed by atoms with Gasteiger partial charge in [-0.1, -0.05) is 44.3 Å². The van der Waals surface area contributed by atoms with Crippen LogP contribution in [0, 0.1) is 0 Å². The van der Waals surface area contributed by atoms with E-state index < -0.39 is 0 Å². The minimum Gasteiger partial charge on any atom is -0.396 e. The second-order valence-corrected chi connectivity index (χ2v) is 5.67. The number of hydrogen-bond acceptors (Lipinski definition) is 3. The molecule has 18 heavy (non-hydrogen) atoms. The van der Waals surface area contributed by atoms with Gasteiger partial charge in [0.05, 0.1) is 11.6 Å². The Morgan fingerprint density at radius 2 is 1.39 bits per heavy atom. The van der Waals surface area contributed by atoms with Crippen molar-refractivity contribution in [1.82, 2.24) is 4.90 Å². The van der Waals surface area contributed by atoms with Gasteiger partial charge in [-0.05, 0) is 25.7 Å². The summed E-state index contributed by atoms with van der Waals surface area (Å²) in [6.07, 6.45) is 11.9. The van der Waals surface area contributed by atoms with Gasteiger partial charge in [-0.15, -0.1) is 0 Å². The van der Waals surface area contributed by atoms with E-state index in [1.54, 1.807) is 0 Å². The van der Waals surface area contributed by atoms with Gasteiger partial charge < -0.3 is 15.7 Å². The molecule has 0 spiro atoms. The van der Waals surface area contributed by atoms with Gasteiger partial charge in [-0.25, -0.2) is 0 Å². The number of likely N-dealkylation sites (tertiary alicyclic amines) is 1. The third kappa shape index (κ3) is 6.12. The number of thiocarbonyl (C=S) groups is 1. The van der Waals surface area contributed by atoms with Crippen LogP contribution in [0.2, 0.25) is 0 Å². The Morgan fingerprint density at radius 3 is 1.89 bits per heavy atom. The van der Waals surface area contributed by atoms with Crippen LogP contribution in [0.15, 0.2) is 0 Å². The Morgan fingerprint density at radius 1 is 0.944 bits per heavy atom. The number of piperidine rings is 1. The van der Waals surface area contributed by atoms with E-state index in [0.29, 0.717) is 0 Å². The SMILES string of the molecule is NC=S.OC1CCN(C2CCCCCCC2)CC1. The standard InChI is InChI=1S/C13H25NO.CH3NS/c15-13-8-10-14(11-9-13)12-6-4-2-1-3-5-7-12;2-1-3/h12-13,15H,1-11H2;1H,(H2,2,3). The molecule has 1 aliphatic carbocycles. The highest BCUT2D eigenvalue weighted by Gasteiger charge is 2.23. The van der Waals surface area contributed by atoms with Crippen LogP contribution in [-0.2, 0) is 0 Å². The smallest absolute Gasteiger partial charge is 0.0588 e. The first-order chi connectivity index (χ1) is 8.77. The zero-order valence-electron chi connectivity index (χ0n) is 11.4. The molecule has 106 valence electrons. The fourth-order valence-corrected chi connectivity index (χ4v) is 3.05. The van der Waals surface area contributed by atoms with Crippen LogP contribution >= 0.6 is 12.2 Å². The van der Waals surface area contributed by atoms with Crippen molar-refractivity contribution in [3.05, 3.63) is 0 Å². The largest absolute Gasteiger partial charge is 0.396 e. The minimum atomic E-state index is -0.0187. The average Bonchev–Trinajstić information content (AvgIpc) is 2.31. The minimum absolute atomic E-state index is 0.0187. The molecule has 4 heteroatoms. The first kappa shape index (κ1) is 15.9. The highest BCUT2D eigenvalue weighted by atomic mass is 32.1. The predicted octanol–water partition coefficient (Wildman–Crippen LogP) is 2.46. The summed E-state index contributed by atoms with van der Waals surface area (Å²) >= 11 is 4.05. The molecule has 1 aliphatic heterocycles. The fourth-order valence-electron chi connectivity index (χ4n) is 3.05. The zero-order valence-corrected chi connectivity index (χ0v) is 12.2. The van der Waals surface area contributed by atoms with E-state index in [4.69, 9.17) is 0 Å². The van der Waals surface area contributed by atoms with Crippen LogP contribution in [0.3, 0.4) is 0 Å². The molecule has 0 unspecified atom stereocenters. The van der Waals surface area contributed by atoms with Gasteiger partial charge in [0, 0.05) is 19.1 Å². The molecule has 0 radical (unpaired) electrons. The zero-order chi connectivity index (χ0) is 13.2. The summed E-state index contributed by atoms with van der Waals surface area (Å²) in [4.78, 5) is 2.64. The normalized spacial score (nSPS) is 24.5. The van der Waals surface area contributed by atoms with Crippen molar-refractivity contribution >= 4 is 17.7 Å². The molecule has 1 saturated carbocycles. The van der Waals surface area contributed by atoms with E-state index in [-0.39, 0.29) is 6.10 Å². The van der Waals surface area contributed by atoms with Crippen molar-refractivity contribution in [2.75, 3.05) is 13.1 Å². The van der Waals surface area contributed by atoms with Crippen molar-refractivity contribution in [2.45, 2.75) is 69.9 Å². The lowest BCUT2D eigenvalue weighted by Crippen LogP contribution is -2.43. The van der Waals surface area contributed by atoms with Gasteiger partial charge in [-0.2, -0.15) is 0 Å². The van der Waals surface area contributed by atoms with Crippen molar-refractivity contribution < 1.29 is 5.11 Å². The maximum atomic E-state index is 9.50. The van der Waals surface area contributed by atoms with E-state index in [9.17, 15) is 5.11 Å². The Bertz CT molecular complexity index is 210.